The van der Waals surface area contributed by atoms with Crippen molar-refractivity contribution in [1.29, 1.82) is 0 Å². The van der Waals surface area contributed by atoms with Crippen LogP contribution < -0.4 is 10.9 Å². The maximum atomic E-state index is 12.4. The van der Waals surface area contributed by atoms with E-state index < -0.39 is 23.4 Å². The second kappa shape index (κ2) is 5.06. The van der Waals surface area contributed by atoms with Crippen molar-refractivity contribution in [3.63, 3.8) is 0 Å². The Kier molecular flexibility index (Phi) is 3.21. The molecule has 22 heavy (non-hydrogen) atoms. The molecule has 0 aromatic carbocycles. The molecule has 2 aromatic rings. The van der Waals surface area contributed by atoms with Gasteiger partial charge in [0.1, 0.15) is 5.65 Å². The van der Waals surface area contributed by atoms with Gasteiger partial charge < -0.3 is 5.11 Å². The molecule has 1 fully saturated rings. The van der Waals surface area contributed by atoms with E-state index in [1.165, 1.54) is 28.9 Å². The van der Waals surface area contributed by atoms with Crippen LogP contribution in [0.3, 0.4) is 0 Å². The number of carboxylic acids is 1. The van der Waals surface area contributed by atoms with Gasteiger partial charge in [-0.1, -0.05) is 0 Å². The number of amides is 2. The summed E-state index contributed by atoms with van der Waals surface area (Å²) in [6, 6.07) is 2.56. The lowest BCUT2D eigenvalue weighted by Crippen LogP contribution is -2.41. The van der Waals surface area contributed by atoms with Gasteiger partial charge in [0.25, 0.3) is 5.56 Å². The first kappa shape index (κ1) is 13.9. The number of piperidine rings is 1. The number of aromatic nitrogens is 2. The van der Waals surface area contributed by atoms with Crippen LogP contribution in [0.1, 0.15) is 34.7 Å². The van der Waals surface area contributed by atoms with Crippen molar-refractivity contribution >= 4 is 23.4 Å². The van der Waals surface area contributed by atoms with Crippen molar-refractivity contribution in [1.82, 2.24) is 14.7 Å². The molecule has 1 aliphatic heterocycles. The first-order valence-electron chi connectivity index (χ1n) is 6.55. The molecule has 3 heterocycles. The summed E-state index contributed by atoms with van der Waals surface area (Å²) in [5, 5.41) is 11.1. The fourth-order valence-electron chi connectivity index (χ4n) is 2.45. The molecule has 0 aliphatic carbocycles. The van der Waals surface area contributed by atoms with Crippen molar-refractivity contribution < 1.29 is 19.5 Å². The number of pyridine rings is 1. The molecule has 1 atom stereocenters. The highest BCUT2D eigenvalue weighted by molar-refractivity contribution is 6.00. The number of carbonyl (C=O) groups is 3. The Morgan fingerprint density at radius 2 is 2.14 bits per heavy atom. The van der Waals surface area contributed by atoms with Crippen LogP contribution in [-0.4, -0.2) is 32.3 Å². The third-order valence-electron chi connectivity index (χ3n) is 3.60. The number of carboxylic acid groups (broad SMARTS) is 1. The number of nitrogens with zero attached hydrogens (tertiary/aromatic N) is 2. The summed E-state index contributed by atoms with van der Waals surface area (Å²) in [6.07, 6.45) is 2.99. The second-order valence-corrected chi connectivity index (χ2v) is 4.97. The van der Waals surface area contributed by atoms with E-state index in [0.717, 1.165) is 0 Å². The van der Waals surface area contributed by atoms with Gasteiger partial charge in [-0.25, -0.2) is 9.78 Å². The van der Waals surface area contributed by atoms with E-state index in [4.69, 9.17) is 5.11 Å². The van der Waals surface area contributed by atoms with Crippen LogP contribution in [0.15, 0.2) is 29.3 Å². The quantitative estimate of drug-likeness (QED) is 0.749. The minimum Gasteiger partial charge on any atom is -0.478 e. The molecule has 0 bridgehead atoms. The van der Waals surface area contributed by atoms with Gasteiger partial charge >= 0.3 is 5.97 Å². The van der Waals surface area contributed by atoms with E-state index in [1.807, 2.05) is 0 Å². The number of hydrogen-bond acceptors (Lipinski definition) is 5. The molecule has 8 nitrogen and oxygen atoms in total. The summed E-state index contributed by atoms with van der Waals surface area (Å²) in [5.74, 6) is -2.72. The van der Waals surface area contributed by atoms with Crippen LogP contribution >= 0.6 is 0 Å². The molecule has 1 unspecified atom stereocenters. The maximum Gasteiger partial charge on any atom is 0.335 e. The fourth-order valence-corrected chi connectivity index (χ4v) is 2.45. The van der Waals surface area contributed by atoms with Crippen molar-refractivity contribution in [3.8, 4) is 0 Å². The Hall–Kier alpha value is -3.03. The second-order valence-electron chi connectivity index (χ2n) is 4.97. The number of fused-ring (bicyclic) bond motifs is 1. The number of imide groups is 1. The van der Waals surface area contributed by atoms with Gasteiger partial charge in [0, 0.05) is 24.4 Å². The zero-order valence-electron chi connectivity index (χ0n) is 11.3. The summed E-state index contributed by atoms with van der Waals surface area (Å²) < 4.78 is 1.19. The Labute approximate surface area is 123 Å². The molecule has 3 rings (SSSR count). The molecule has 1 saturated heterocycles. The van der Waals surface area contributed by atoms with Crippen LogP contribution in [0.4, 0.5) is 0 Å². The standard InChI is InChI=1S/C14H11N3O5/c18-11-2-1-8(12(19)16-11)9-6-15-10-5-7(14(21)22)3-4-17(10)13(9)20/h3-6,8H,1-2H2,(H,21,22)(H,16,18,19). The average molecular weight is 301 g/mol. The third-order valence-corrected chi connectivity index (χ3v) is 3.60. The summed E-state index contributed by atoms with van der Waals surface area (Å²) in [4.78, 5) is 50.4. The fraction of sp³-hybridized carbons (Fsp3) is 0.214. The molecule has 2 aromatic heterocycles. The summed E-state index contributed by atoms with van der Waals surface area (Å²) >= 11 is 0. The Morgan fingerprint density at radius 1 is 1.36 bits per heavy atom. The Balaban J connectivity index is 2.09. The van der Waals surface area contributed by atoms with Crippen molar-refractivity contribution in [2.24, 2.45) is 0 Å². The van der Waals surface area contributed by atoms with E-state index in [1.54, 1.807) is 0 Å². The molecular formula is C14H11N3O5. The zero-order valence-corrected chi connectivity index (χ0v) is 11.3. The number of nitrogens with one attached hydrogen (secondary N) is 1. The molecule has 0 spiro atoms. The van der Waals surface area contributed by atoms with Gasteiger partial charge in [-0.2, -0.15) is 0 Å². The van der Waals surface area contributed by atoms with E-state index in [-0.39, 0.29) is 35.5 Å². The topological polar surface area (TPSA) is 118 Å². The van der Waals surface area contributed by atoms with Gasteiger partial charge in [-0.3, -0.25) is 24.1 Å². The monoisotopic (exact) mass is 301 g/mol. The molecule has 2 N–H and O–H groups in total. The molecule has 0 radical (unpaired) electrons. The Bertz CT molecular complexity index is 870. The van der Waals surface area contributed by atoms with Gasteiger partial charge in [0.05, 0.1) is 11.5 Å². The minimum absolute atomic E-state index is 0.0145. The third kappa shape index (κ3) is 2.24. The van der Waals surface area contributed by atoms with Crippen LogP contribution in [0.5, 0.6) is 0 Å². The Morgan fingerprint density at radius 3 is 2.82 bits per heavy atom. The predicted octanol–water partition coefficient (Wildman–Crippen LogP) is -0.0871. The smallest absolute Gasteiger partial charge is 0.335 e. The highest BCUT2D eigenvalue weighted by atomic mass is 16.4. The van der Waals surface area contributed by atoms with Crippen LogP contribution in [-0.2, 0) is 9.59 Å². The lowest BCUT2D eigenvalue weighted by Gasteiger charge is -2.20. The predicted molar refractivity (Wildman–Crippen MR) is 73.5 cm³/mol. The molecule has 8 heteroatoms. The average Bonchev–Trinajstić information content (AvgIpc) is 2.48. The van der Waals surface area contributed by atoms with Crippen molar-refractivity contribution in [3.05, 3.63) is 46.0 Å². The molecule has 112 valence electrons. The highest BCUT2D eigenvalue weighted by Crippen LogP contribution is 2.21. The van der Waals surface area contributed by atoms with Crippen LogP contribution in [0.25, 0.3) is 5.65 Å². The maximum absolute atomic E-state index is 12.4. The van der Waals surface area contributed by atoms with Gasteiger partial charge in [0.15, 0.2) is 0 Å². The first-order chi connectivity index (χ1) is 10.5. The number of rotatable bonds is 2. The van der Waals surface area contributed by atoms with E-state index in [0.29, 0.717) is 0 Å². The highest BCUT2D eigenvalue weighted by Gasteiger charge is 2.30. The van der Waals surface area contributed by atoms with E-state index in [9.17, 15) is 19.2 Å². The zero-order chi connectivity index (χ0) is 15.9. The molecule has 1 aliphatic rings. The first-order valence-corrected chi connectivity index (χ1v) is 6.55. The largest absolute Gasteiger partial charge is 0.478 e. The number of carbonyl (C=O) groups excluding carboxylic acids is 2. The van der Waals surface area contributed by atoms with E-state index >= 15 is 0 Å². The van der Waals surface area contributed by atoms with Crippen molar-refractivity contribution in [2.45, 2.75) is 18.8 Å². The molecule has 2 amide bonds. The number of aromatic carboxylic acids is 1. The van der Waals surface area contributed by atoms with Crippen molar-refractivity contribution in [2.75, 3.05) is 0 Å². The number of hydrogen-bond donors (Lipinski definition) is 2. The lowest BCUT2D eigenvalue weighted by atomic mass is 9.92. The van der Waals surface area contributed by atoms with Crippen LogP contribution in [0.2, 0.25) is 0 Å². The van der Waals surface area contributed by atoms with Crippen LogP contribution in [0, 0.1) is 0 Å². The van der Waals surface area contributed by atoms with E-state index in [2.05, 4.69) is 10.3 Å². The van der Waals surface area contributed by atoms with Gasteiger partial charge in [0.2, 0.25) is 11.8 Å². The summed E-state index contributed by atoms with van der Waals surface area (Å²) in [5.41, 5.74) is -0.0661. The summed E-state index contributed by atoms with van der Waals surface area (Å²) in [6.45, 7) is 0. The normalized spacial score (nSPS) is 18.3. The molecule has 0 saturated carbocycles. The van der Waals surface area contributed by atoms with Gasteiger partial charge in [-0.05, 0) is 18.6 Å². The summed E-state index contributed by atoms with van der Waals surface area (Å²) in [7, 11) is 0. The SMILES string of the molecule is O=C1CCC(c2cnc3cc(C(=O)O)ccn3c2=O)C(=O)N1. The van der Waals surface area contributed by atoms with Gasteiger partial charge in [-0.15, -0.1) is 0 Å². The lowest BCUT2D eigenvalue weighted by molar-refractivity contribution is -0.134. The molecular weight excluding hydrogens is 290 g/mol. The minimum atomic E-state index is -1.12.